The zero-order chi connectivity index (χ0) is 23.2. The number of amides is 2. The van der Waals surface area contributed by atoms with Crippen molar-refractivity contribution in [3.63, 3.8) is 0 Å². The van der Waals surface area contributed by atoms with Crippen LogP contribution in [0.2, 0.25) is 5.02 Å². The molecule has 10 heteroatoms. The molecule has 0 aliphatic rings. The zero-order valence-corrected chi connectivity index (χ0v) is 17.7. The van der Waals surface area contributed by atoms with Crippen LogP contribution >= 0.6 is 11.6 Å². The van der Waals surface area contributed by atoms with Crippen molar-refractivity contribution in [1.29, 1.82) is 0 Å². The van der Waals surface area contributed by atoms with Gasteiger partial charge in [-0.25, -0.2) is 0 Å². The number of halogens is 4. The molecular formula is C21H20ClF3N2O4. The molecule has 0 atom stereocenters. The van der Waals surface area contributed by atoms with Crippen molar-refractivity contribution in [1.82, 2.24) is 4.90 Å². The molecule has 2 aromatic rings. The van der Waals surface area contributed by atoms with E-state index >= 15 is 0 Å². The van der Waals surface area contributed by atoms with Gasteiger partial charge in [-0.15, -0.1) is 0 Å². The number of benzene rings is 2. The van der Waals surface area contributed by atoms with Crippen LogP contribution in [0.25, 0.3) is 6.08 Å². The van der Waals surface area contributed by atoms with E-state index in [1.807, 2.05) is 0 Å². The van der Waals surface area contributed by atoms with Crippen molar-refractivity contribution in [3.05, 3.63) is 58.6 Å². The first-order valence-electron chi connectivity index (χ1n) is 8.87. The lowest BCUT2D eigenvalue weighted by atomic mass is 10.1. The summed E-state index contributed by atoms with van der Waals surface area (Å²) in [6.45, 7) is -0.373. The number of nitrogens with zero attached hydrogens (tertiary/aromatic N) is 1. The van der Waals surface area contributed by atoms with Gasteiger partial charge >= 0.3 is 6.18 Å². The first-order chi connectivity index (χ1) is 14.5. The molecule has 0 unspecified atom stereocenters. The number of ether oxygens (including phenoxy) is 2. The first kappa shape index (κ1) is 24.1. The number of carbonyl (C=O) groups is 2. The van der Waals surface area contributed by atoms with Crippen molar-refractivity contribution in [2.24, 2.45) is 0 Å². The minimum Gasteiger partial charge on any atom is -0.497 e. The predicted octanol–water partition coefficient (Wildman–Crippen LogP) is 4.49. The van der Waals surface area contributed by atoms with Crippen molar-refractivity contribution in [2.45, 2.75) is 6.18 Å². The summed E-state index contributed by atoms with van der Waals surface area (Å²) in [6.07, 6.45) is -1.90. The fraction of sp³-hybridized carbons (Fsp3) is 0.238. The maximum absolute atomic E-state index is 12.9. The Kier molecular flexibility index (Phi) is 7.93. The molecule has 0 fully saturated rings. The maximum Gasteiger partial charge on any atom is 0.417 e. The molecule has 0 aliphatic carbocycles. The maximum atomic E-state index is 12.9. The molecule has 0 radical (unpaired) electrons. The van der Waals surface area contributed by atoms with Gasteiger partial charge in [-0.3, -0.25) is 9.59 Å². The van der Waals surface area contributed by atoms with Crippen LogP contribution in [0.15, 0.2) is 42.5 Å². The van der Waals surface area contributed by atoms with Gasteiger partial charge in [0.1, 0.15) is 11.5 Å². The molecule has 2 aromatic carbocycles. The minimum absolute atomic E-state index is 0.0840. The number of hydrogen-bond donors (Lipinski definition) is 1. The molecule has 0 spiro atoms. The second-order valence-corrected chi connectivity index (χ2v) is 6.78. The van der Waals surface area contributed by atoms with E-state index in [4.69, 9.17) is 21.1 Å². The van der Waals surface area contributed by atoms with Crippen molar-refractivity contribution in [2.75, 3.05) is 33.1 Å². The van der Waals surface area contributed by atoms with E-state index in [0.29, 0.717) is 17.1 Å². The quantitative estimate of drug-likeness (QED) is 0.623. The summed E-state index contributed by atoms with van der Waals surface area (Å²) in [7, 11) is 4.38. The van der Waals surface area contributed by atoms with Crippen LogP contribution in [-0.4, -0.2) is 44.5 Å². The van der Waals surface area contributed by atoms with Gasteiger partial charge in [0.05, 0.1) is 31.4 Å². The monoisotopic (exact) mass is 456 g/mol. The summed E-state index contributed by atoms with van der Waals surface area (Å²) >= 11 is 5.56. The Labute approximate surface area is 182 Å². The molecule has 2 rings (SSSR count). The molecule has 0 aromatic heterocycles. The zero-order valence-electron chi connectivity index (χ0n) is 16.9. The van der Waals surface area contributed by atoms with Gasteiger partial charge in [-0.2, -0.15) is 13.2 Å². The van der Waals surface area contributed by atoms with Gasteiger partial charge in [-0.05, 0) is 42.5 Å². The highest BCUT2D eigenvalue weighted by Crippen LogP contribution is 2.36. The highest BCUT2D eigenvalue weighted by atomic mass is 35.5. The van der Waals surface area contributed by atoms with E-state index in [1.165, 1.54) is 39.5 Å². The molecule has 0 saturated heterocycles. The molecular weight excluding hydrogens is 437 g/mol. The van der Waals surface area contributed by atoms with Gasteiger partial charge in [-0.1, -0.05) is 11.6 Å². The van der Waals surface area contributed by atoms with Crippen LogP contribution in [0, 0.1) is 0 Å². The normalized spacial score (nSPS) is 11.3. The Morgan fingerprint density at radius 1 is 1.13 bits per heavy atom. The van der Waals surface area contributed by atoms with E-state index < -0.39 is 28.6 Å². The van der Waals surface area contributed by atoms with Gasteiger partial charge in [0.15, 0.2) is 0 Å². The number of hydrogen-bond acceptors (Lipinski definition) is 4. The van der Waals surface area contributed by atoms with Crippen LogP contribution in [-0.2, 0) is 15.8 Å². The third-order valence-corrected chi connectivity index (χ3v) is 4.48. The largest absolute Gasteiger partial charge is 0.497 e. The van der Waals surface area contributed by atoms with Crippen LogP contribution in [0.5, 0.6) is 11.5 Å². The fourth-order valence-corrected chi connectivity index (χ4v) is 2.80. The van der Waals surface area contributed by atoms with Gasteiger partial charge in [0.25, 0.3) is 0 Å². The standard InChI is InChI=1S/C21H20ClF3N2O4/c1-27(20(29)9-4-13-10-15(30-2)6-8-18(13)31-3)12-19(28)26-14-5-7-17(22)16(11-14)21(23,24)25/h4-11H,12H2,1-3H3,(H,26,28)/b9-4+. The number of methoxy groups -OCH3 is 2. The number of likely N-dealkylation sites (N-methyl/N-ethyl adjacent to an activating group) is 1. The lowest BCUT2D eigenvalue weighted by Gasteiger charge is -2.16. The van der Waals surface area contributed by atoms with Crippen LogP contribution < -0.4 is 14.8 Å². The molecule has 2 amide bonds. The molecule has 166 valence electrons. The molecule has 0 heterocycles. The van der Waals surface area contributed by atoms with Crippen molar-refractivity contribution >= 4 is 35.2 Å². The van der Waals surface area contributed by atoms with Gasteiger partial charge in [0, 0.05) is 24.4 Å². The summed E-state index contributed by atoms with van der Waals surface area (Å²) in [5, 5.41) is 1.85. The number of alkyl halides is 3. The predicted molar refractivity (Wildman–Crippen MR) is 111 cm³/mol. The Balaban J connectivity index is 2.03. The van der Waals surface area contributed by atoms with E-state index in [0.717, 1.165) is 17.0 Å². The minimum atomic E-state index is -4.66. The second-order valence-electron chi connectivity index (χ2n) is 6.38. The van der Waals surface area contributed by atoms with Gasteiger partial charge < -0.3 is 19.7 Å². The Bertz CT molecular complexity index is 993. The Hall–Kier alpha value is -3.20. The number of anilines is 1. The number of carbonyl (C=O) groups excluding carboxylic acids is 2. The molecule has 6 nitrogen and oxygen atoms in total. The summed E-state index contributed by atoms with van der Waals surface area (Å²) in [5.74, 6) is -0.0685. The van der Waals surface area contributed by atoms with Crippen molar-refractivity contribution in [3.8, 4) is 11.5 Å². The Morgan fingerprint density at radius 2 is 1.84 bits per heavy atom. The SMILES string of the molecule is COc1ccc(OC)c(/C=C/C(=O)N(C)CC(=O)Nc2ccc(Cl)c(C(F)(F)F)c2)c1. The first-order valence-corrected chi connectivity index (χ1v) is 9.24. The lowest BCUT2D eigenvalue weighted by molar-refractivity contribution is -0.137. The van der Waals surface area contributed by atoms with Crippen LogP contribution in [0.3, 0.4) is 0 Å². The summed E-state index contributed by atoms with van der Waals surface area (Å²) < 4.78 is 49.2. The Morgan fingerprint density at radius 3 is 2.45 bits per heavy atom. The molecule has 31 heavy (non-hydrogen) atoms. The lowest BCUT2D eigenvalue weighted by Crippen LogP contribution is -2.33. The van der Waals surface area contributed by atoms with E-state index in [9.17, 15) is 22.8 Å². The van der Waals surface area contributed by atoms with Crippen LogP contribution in [0.4, 0.5) is 18.9 Å². The van der Waals surface area contributed by atoms with Gasteiger partial charge in [0.2, 0.25) is 11.8 Å². The average molecular weight is 457 g/mol. The third-order valence-electron chi connectivity index (χ3n) is 4.15. The van der Waals surface area contributed by atoms with E-state index in [1.54, 1.807) is 18.2 Å². The summed E-state index contributed by atoms with van der Waals surface area (Å²) in [6, 6.07) is 8.08. The van der Waals surface area contributed by atoms with E-state index in [-0.39, 0.29) is 12.2 Å². The molecule has 1 N–H and O–H groups in total. The smallest absolute Gasteiger partial charge is 0.417 e. The second kappa shape index (κ2) is 10.2. The number of rotatable bonds is 7. The van der Waals surface area contributed by atoms with E-state index in [2.05, 4.69) is 5.32 Å². The fourth-order valence-electron chi connectivity index (χ4n) is 2.57. The highest BCUT2D eigenvalue weighted by Gasteiger charge is 2.33. The summed E-state index contributed by atoms with van der Waals surface area (Å²) in [4.78, 5) is 25.6. The topological polar surface area (TPSA) is 67.9 Å². The molecule has 0 bridgehead atoms. The molecule has 0 saturated carbocycles. The third kappa shape index (κ3) is 6.65. The average Bonchev–Trinajstić information content (AvgIpc) is 2.72. The number of nitrogens with one attached hydrogen (secondary N) is 1. The van der Waals surface area contributed by atoms with Crippen molar-refractivity contribution < 1.29 is 32.2 Å². The summed E-state index contributed by atoms with van der Waals surface area (Å²) in [5.41, 5.74) is -0.556. The van der Waals surface area contributed by atoms with Crippen LogP contribution in [0.1, 0.15) is 11.1 Å². The molecule has 0 aliphatic heterocycles. The highest BCUT2D eigenvalue weighted by molar-refractivity contribution is 6.31.